The van der Waals surface area contributed by atoms with Crippen LogP contribution in [0.2, 0.25) is 0 Å². The first kappa shape index (κ1) is 22.9. The van der Waals surface area contributed by atoms with E-state index in [4.69, 9.17) is 9.47 Å². The van der Waals surface area contributed by atoms with E-state index >= 15 is 0 Å². The van der Waals surface area contributed by atoms with Gasteiger partial charge in [-0.25, -0.2) is 4.79 Å². The van der Waals surface area contributed by atoms with E-state index in [2.05, 4.69) is 0 Å². The molecule has 6 nitrogen and oxygen atoms in total. The third-order valence-electron chi connectivity index (χ3n) is 6.90. The Hall–Kier alpha value is -3.25. The van der Waals surface area contributed by atoms with Gasteiger partial charge in [0, 0.05) is 13.0 Å². The van der Waals surface area contributed by atoms with Gasteiger partial charge in [0.25, 0.3) is 0 Å². The summed E-state index contributed by atoms with van der Waals surface area (Å²) >= 11 is 0. The van der Waals surface area contributed by atoms with Crippen LogP contribution >= 0.6 is 0 Å². The van der Waals surface area contributed by atoms with Crippen LogP contribution in [0.1, 0.15) is 44.0 Å². The number of nitrogens with zero attached hydrogens (tertiary/aromatic N) is 1. The Morgan fingerprint density at radius 1 is 0.970 bits per heavy atom. The Labute approximate surface area is 194 Å². The minimum absolute atomic E-state index is 0.231. The Morgan fingerprint density at radius 3 is 2.03 bits per heavy atom. The van der Waals surface area contributed by atoms with Crippen molar-refractivity contribution in [1.29, 1.82) is 0 Å². The zero-order valence-electron chi connectivity index (χ0n) is 19.3. The Morgan fingerprint density at radius 2 is 1.52 bits per heavy atom. The number of ketones is 2. The standard InChI is InChI=1S/C27H29NO5/c1-17(29)22(18(2)30)21-15-16-27(3,32-4)25(21)28-23(19-11-7-5-8-12-19)24(33-26(28)31)20-13-9-6-10-14-20/h5-16,21-25H,1-4H3/t21-,23-,24+,25-,27-/m1/s1. The second-order valence-corrected chi connectivity index (χ2v) is 8.95. The molecule has 1 aliphatic carbocycles. The van der Waals surface area contributed by atoms with E-state index < -0.39 is 41.7 Å². The topological polar surface area (TPSA) is 72.9 Å². The molecular weight excluding hydrogens is 418 g/mol. The van der Waals surface area contributed by atoms with Gasteiger partial charge >= 0.3 is 6.09 Å². The number of hydrogen-bond acceptors (Lipinski definition) is 5. The van der Waals surface area contributed by atoms with Crippen LogP contribution in [-0.2, 0) is 19.1 Å². The molecule has 4 rings (SSSR count). The lowest BCUT2D eigenvalue weighted by atomic mass is 9.78. The number of hydrogen-bond donors (Lipinski definition) is 0. The van der Waals surface area contributed by atoms with Gasteiger partial charge in [0.15, 0.2) is 6.10 Å². The van der Waals surface area contributed by atoms with Crippen molar-refractivity contribution < 1.29 is 23.9 Å². The van der Waals surface area contributed by atoms with Gasteiger partial charge in [-0.05, 0) is 31.9 Å². The van der Waals surface area contributed by atoms with Crippen LogP contribution in [0.3, 0.4) is 0 Å². The fourth-order valence-electron chi connectivity index (χ4n) is 5.32. The van der Waals surface area contributed by atoms with Crippen LogP contribution in [0.15, 0.2) is 72.8 Å². The van der Waals surface area contributed by atoms with Gasteiger partial charge < -0.3 is 9.47 Å². The number of Topliss-reactive ketones (excluding diaryl/α,β-unsaturated/α-hetero) is 2. The SMILES string of the molecule is CO[C@]1(C)C=C[C@H](C(C(C)=O)C(C)=O)[C@H]1N1C(=O)O[C@@H](c2ccccc2)[C@H]1c1ccccc1. The minimum atomic E-state index is -0.897. The molecule has 1 amide bonds. The van der Waals surface area contributed by atoms with Crippen LogP contribution in [0.25, 0.3) is 0 Å². The molecule has 1 saturated heterocycles. The van der Waals surface area contributed by atoms with Crippen molar-refractivity contribution in [2.45, 2.75) is 44.6 Å². The summed E-state index contributed by atoms with van der Waals surface area (Å²) in [6, 6.07) is 18.2. The van der Waals surface area contributed by atoms with Gasteiger partial charge in [-0.15, -0.1) is 0 Å². The van der Waals surface area contributed by atoms with Gasteiger partial charge in [-0.3, -0.25) is 14.5 Å². The zero-order chi connectivity index (χ0) is 23.8. The molecule has 5 atom stereocenters. The summed E-state index contributed by atoms with van der Waals surface area (Å²) in [4.78, 5) is 40.2. The molecule has 2 aromatic rings. The number of rotatable bonds is 7. The lowest BCUT2D eigenvalue weighted by Crippen LogP contribution is -2.55. The van der Waals surface area contributed by atoms with Gasteiger partial charge in [0.05, 0.1) is 12.0 Å². The van der Waals surface area contributed by atoms with Crippen molar-refractivity contribution in [2.75, 3.05) is 7.11 Å². The zero-order valence-corrected chi connectivity index (χ0v) is 19.3. The van der Waals surface area contributed by atoms with Crippen molar-refractivity contribution in [2.24, 2.45) is 11.8 Å². The molecule has 2 aliphatic rings. The van der Waals surface area contributed by atoms with Crippen molar-refractivity contribution in [3.63, 3.8) is 0 Å². The molecule has 1 aliphatic heterocycles. The van der Waals surface area contributed by atoms with E-state index in [9.17, 15) is 14.4 Å². The normalized spacial score (nSPS) is 28.9. The minimum Gasteiger partial charge on any atom is -0.439 e. The van der Waals surface area contributed by atoms with Crippen LogP contribution in [-0.4, -0.2) is 41.3 Å². The molecule has 0 N–H and O–H groups in total. The summed E-state index contributed by atoms with van der Waals surface area (Å²) in [6.45, 7) is 4.71. The summed E-state index contributed by atoms with van der Waals surface area (Å²) in [5.41, 5.74) is 0.882. The first-order valence-corrected chi connectivity index (χ1v) is 11.1. The van der Waals surface area contributed by atoms with Crippen LogP contribution in [0.4, 0.5) is 4.79 Å². The lowest BCUT2D eigenvalue weighted by Gasteiger charge is -2.42. The Kier molecular flexibility index (Phi) is 6.21. The molecule has 0 saturated carbocycles. The molecule has 0 unspecified atom stereocenters. The van der Waals surface area contributed by atoms with Crippen LogP contribution in [0, 0.1) is 11.8 Å². The number of carbonyl (C=O) groups is 3. The summed E-state index contributed by atoms with van der Waals surface area (Å²) in [7, 11) is 1.57. The molecule has 0 spiro atoms. The third kappa shape index (κ3) is 4.00. The summed E-state index contributed by atoms with van der Waals surface area (Å²) in [6.07, 6.45) is 2.65. The second-order valence-electron chi connectivity index (χ2n) is 8.95. The monoisotopic (exact) mass is 447 g/mol. The van der Waals surface area contributed by atoms with E-state index in [1.807, 2.05) is 79.7 Å². The number of ether oxygens (including phenoxy) is 2. The predicted octanol–water partition coefficient (Wildman–Crippen LogP) is 4.68. The first-order valence-electron chi connectivity index (χ1n) is 11.1. The number of cyclic esters (lactones) is 1. The average Bonchev–Trinajstić information content (AvgIpc) is 3.31. The van der Waals surface area contributed by atoms with Crippen LogP contribution in [0.5, 0.6) is 0 Å². The van der Waals surface area contributed by atoms with E-state index in [0.29, 0.717) is 0 Å². The number of methoxy groups -OCH3 is 1. The van der Waals surface area contributed by atoms with Crippen LogP contribution < -0.4 is 0 Å². The predicted molar refractivity (Wildman–Crippen MR) is 123 cm³/mol. The third-order valence-corrected chi connectivity index (χ3v) is 6.90. The fraction of sp³-hybridized carbons (Fsp3) is 0.370. The highest BCUT2D eigenvalue weighted by Crippen LogP contribution is 2.50. The van der Waals surface area contributed by atoms with Gasteiger partial charge in [0.1, 0.15) is 23.2 Å². The smallest absolute Gasteiger partial charge is 0.411 e. The summed E-state index contributed by atoms with van der Waals surface area (Å²) in [5, 5.41) is 0. The largest absolute Gasteiger partial charge is 0.439 e. The van der Waals surface area contributed by atoms with Gasteiger partial charge in [0.2, 0.25) is 0 Å². The lowest BCUT2D eigenvalue weighted by molar-refractivity contribution is -0.134. The second kappa shape index (κ2) is 8.94. The van der Waals surface area contributed by atoms with Crippen molar-refractivity contribution in [1.82, 2.24) is 4.90 Å². The van der Waals surface area contributed by atoms with E-state index in [1.54, 1.807) is 12.0 Å². The highest BCUT2D eigenvalue weighted by atomic mass is 16.6. The molecule has 0 radical (unpaired) electrons. The molecule has 0 bridgehead atoms. The van der Waals surface area contributed by atoms with Gasteiger partial charge in [-0.1, -0.05) is 72.8 Å². The average molecular weight is 448 g/mol. The molecular formula is C27H29NO5. The molecule has 172 valence electrons. The fourth-order valence-corrected chi connectivity index (χ4v) is 5.32. The molecule has 6 heteroatoms. The highest BCUT2D eigenvalue weighted by Gasteiger charge is 2.57. The van der Waals surface area contributed by atoms with E-state index in [1.165, 1.54) is 13.8 Å². The van der Waals surface area contributed by atoms with Crippen molar-refractivity contribution >= 4 is 17.7 Å². The molecule has 2 aromatic carbocycles. The van der Waals surface area contributed by atoms with Crippen molar-refractivity contribution in [3.05, 3.63) is 83.9 Å². The maximum absolute atomic E-state index is 13.5. The number of amides is 1. The summed E-state index contributed by atoms with van der Waals surface area (Å²) < 4.78 is 11.8. The first-order chi connectivity index (χ1) is 15.8. The maximum atomic E-state index is 13.5. The van der Waals surface area contributed by atoms with E-state index in [-0.39, 0.29) is 11.6 Å². The summed E-state index contributed by atoms with van der Waals surface area (Å²) in [5.74, 6) is -1.86. The molecule has 0 aromatic heterocycles. The highest BCUT2D eigenvalue weighted by molar-refractivity contribution is 6.01. The van der Waals surface area contributed by atoms with E-state index in [0.717, 1.165) is 11.1 Å². The Balaban J connectivity index is 1.86. The quantitative estimate of drug-likeness (QED) is 0.455. The number of benzene rings is 2. The molecule has 1 heterocycles. The maximum Gasteiger partial charge on any atom is 0.411 e. The number of carbonyl (C=O) groups excluding carboxylic acids is 3. The Bertz CT molecular complexity index is 1050. The van der Waals surface area contributed by atoms with Gasteiger partial charge in [-0.2, -0.15) is 0 Å². The molecule has 33 heavy (non-hydrogen) atoms. The molecule has 1 fully saturated rings. The van der Waals surface area contributed by atoms with Crippen molar-refractivity contribution in [3.8, 4) is 0 Å².